The minimum Gasteiger partial charge on any atom is -0.394 e. The Labute approximate surface area is 72.3 Å². The van der Waals surface area contributed by atoms with Gasteiger partial charge >= 0.3 is 0 Å². The highest BCUT2D eigenvalue weighted by Gasteiger charge is 1.91. The fourth-order valence-corrected chi connectivity index (χ4v) is 0.860. The molecule has 1 atom stereocenters. The summed E-state index contributed by atoms with van der Waals surface area (Å²) in [6.07, 6.45) is 3.69. The molecule has 0 saturated carbocycles. The first-order valence-corrected chi connectivity index (χ1v) is 3.92. The molecule has 0 bridgehead atoms. The van der Waals surface area contributed by atoms with Gasteiger partial charge in [0, 0.05) is 6.04 Å². The van der Waals surface area contributed by atoms with E-state index >= 15 is 0 Å². The molecule has 0 radical (unpaired) electrons. The van der Waals surface area contributed by atoms with Crippen LogP contribution in [0.2, 0.25) is 0 Å². The molecule has 2 nitrogen and oxygen atoms in total. The Morgan fingerprint density at radius 1 is 1.33 bits per heavy atom. The van der Waals surface area contributed by atoms with Crippen LogP contribution in [0.15, 0.2) is 36.4 Å². The van der Waals surface area contributed by atoms with Crippen molar-refractivity contribution in [1.82, 2.24) is 0 Å². The van der Waals surface area contributed by atoms with Gasteiger partial charge in [-0.15, -0.1) is 0 Å². The predicted octanol–water partition coefficient (Wildman–Crippen LogP) is 1.02. The highest BCUT2D eigenvalue weighted by molar-refractivity contribution is 5.49. The smallest absolute Gasteiger partial charge is 0.0618 e. The van der Waals surface area contributed by atoms with Crippen LogP contribution in [0.4, 0.5) is 0 Å². The second-order valence-corrected chi connectivity index (χ2v) is 2.62. The van der Waals surface area contributed by atoms with Crippen LogP contribution in [-0.2, 0) is 0 Å². The quantitative estimate of drug-likeness (QED) is 0.698. The number of benzene rings is 1. The lowest BCUT2D eigenvalue weighted by Crippen LogP contribution is -2.20. The standard InChI is InChI=1S/C10H13NO/c11-10(8-12)7-6-9-4-2-1-3-5-9/h1-7,10,12H,8,11H2/b7-6+/t10-/m1/s1. The van der Waals surface area contributed by atoms with Crippen molar-refractivity contribution in [3.8, 4) is 0 Å². The molecule has 12 heavy (non-hydrogen) atoms. The molecule has 0 aliphatic rings. The van der Waals surface area contributed by atoms with Gasteiger partial charge in [-0.3, -0.25) is 0 Å². The molecule has 0 spiro atoms. The van der Waals surface area contributed by atoms with Crippen molar-refractivity contribution in [3.05, 3.63) is 42.0 Å². The second-order valence-electron chi connectivity index (χ2n) is 2.62. The summed E-state index contributed by atoms with van der Waals surface area (Å²) in [6, 6.07) is 9.60. The molecular formula is C10H13NO. The van der Waals surface area contributed by atoms with Gasteiger partial charge in [0.25, 0.3) is 0 Å². The van der Waals surface area contributed by atoms with E-state index in [4.69, 9.17) is 10.8 Å². The van der Waals surface area contributed by atoms with Gasteiger partial charge in [0.2, 0.25) is 0 Å². The van der Waals surface area contributed by atoms with Gasteiger partial charge in [-0.1, -0.05) is 42.5 Å². The molecule has 0 aliphatic heterocycles. The number of hydrogen-bond acceptors (Lipinski definition) is 2. The Morgan fingerprint density at radius 3 is 2.58 bits per heavy atom. The molecule has 1 aromatic rings. The van der Waals surface area contributed by atoms with E-state index in [0.29, 0.717) is 0 Å². The van der Waals surface area contributed by atoms with Crippen LogP contribution >= 0.6 is 0 Å². The van der Waals surface area contributed by atoms with Crippen molar-refractivity contribution in [1.29, 1.82) is 0 Å². The van der Waals surface area contributed by atoms with Crippen LogP contribution in [0.5, 0.6) is 0 Å². The summed E-state index contributed by atoms with van der Waals surface area (Å²) in [5.74, 6) is 0. The van der Waals surface area contributed by atoms with Gasteiger partial charge in [-0.25, -0.2) is 0 Å². The summed E-state index contributed by atoms with van der Waals surface area (Å²) >= 11 is 0. The minimum absolute atomic E-state index is 0.0106. The Balaban J connectivity index is 2.58. The number of hydrogen-bond donors (Lipinski definition) is 2. The normalized spacial score (nSPS) is 13.5. The monoisotopic (exact) mass is 163 g/mol. The fourth-order valence-electron chi connectivity index (χ4n) is 0.860. The third-order valence-electron chi connectivity index (χ3n) is 1.55. The van der Waals surface area contributed by atoms with E-state index in [1.165, 1.54) is 0 Å². The molecule has 2 heteroatoms. The zero-order valence-corrected chi connectivity index (χ0v) is 6.85. The van der Waals surface area contributed by atoms with Crippen LogP contribution < -0.4 is 5.73 Å². The lowest BCUT2D eigenvalue weighted by Gasteiger charge is -1.98. The maximum absolute atomic E-state index is 8.64. The lowest BCUT2D eigenvalue weighted by atomic mass is 10.2. The fraction of sp³-hybridized carbons (Fsp3) is 0.200. The zero-order valence-electron chi connectivity index (χ0n) is 6.85. The van der Waals surface area contributed by atoms with Crippen molar-refractivity contribution in [2.45, 2.75) is 6.04 Å². The van der Waals surface area contributed by atoms with Gasteiger partial charge in [-0.05, 0) is 5.56 Å². The highest BCUT2D eigenvalue weighted by atomic mass is 16.3. The summed E-state index contributed by atoms with van der Waals surface area (Å²) in [6.45, 7) is -0.0106. The molecule has 3 N–H and O–H groups in total. The first kappa shape index (κ1) is 8.97. The Kier molecular flexibility index (Phi) is 3.51. The maximum atomic E-state index is 8.64. The number of nitrogens with two attached hydrogens (primary N) is 1. The van der Waals surface area contributed by atoms with Crippen LogP contribution in [0.3, 0.4) is 0 Å². The van der Waals surface area contributed by atoms with Gasteiger partial charge in [0.15, 0.2) is 0 Å². The summed E-state index contributed by atoms with van der Waals surface area (Å²) in [4.78, 5) is 0. The average Bonchev–Trinajstić information content (AvgIpc) is 2.16. The van der Waals surface area contributed by atoms with Crippen LogP contribution in [0.25, 0.3) is 6.08 Å². The SMILES string of the molecule is N[C@H](/C=C/c1ccccc1)CO. The molecule has 0 aliphatic carbocycles. The van der Waals surface area contributed by atoms with Gasteiger partial charge in [0.1, 0.15) is 0 Å². The summed E-state index contributed by atoms with van der Waals surface area (Å²) < 4.78 is 0. The topological polar surface area (TPSA) is 46.2 Å². The van der Waals surface area contributed by atoms with Crippen molar-refractivity contribution >= 4 is 6.08 Å². The zero-order chi connectivity index (χ0) is 8.81. The van der Waals surface area contributed by atoms with E-state index in [1.807, 2.05) is 36.4 Å². The van der Waals surface area contributed by atoms with Crippen LogP contribution in [0.1, 0.15) is 5.56 Å². The van der Waals surface area contributed by atoms with Gasteiger partial charge in [-0.2, -0.15) is 0 Å². The number of rotatable bonds is 3. The van der Waals surface area contributed by atoms with Gasteiger partial charge < -0.3 is 10.8 Å². The Morgan fingerprint density at radius 2 is 2.00 bits per heavy atom. The molecule has 0 aromatic heterocycles. The minimum atomic E-state index is -0.259. The molecule has 0 unspecified atom stereocenters. The van der Waals surface area contributed by atoms with Crippen molar-refractivity contribution in [2.24, 2.45) is 5.73 Å². The third-order valence-corrected chi connectivity index (χ3v) is 1.55. The van der Waals surface area contributed by atoms with E-state index in [2.05, 4.69) is 0 Å². The first-order valence-electron chi connectivity index (χ1n) is 3.92. The van der Waals surface area contributed by atoms with Gasteiger partial charge in [0.05, 0.1) is 6.61 Å². The van der Waals surface area contributed by atoms with E-state index in [0.717, 1.165) is 5.56 Å². The second kappa shape index (κ2) is 4.70. The Bertz CT molecular complexity index is 243. The molecule has 1 aromatic carbocycles. The molecule has 0 heterocycles. The maximum Gasteiger partial charge on any atom is 0.0618 e. The predicted molar refractivity (Wildman–Crippen MR) is 50.5 cm³/mol. The molecule has 1 rings (SSSR count). The van der Waals surface area contributed by atoms with E-state index in [-0.39, 0.29) is 12.6 Å². The van der Waals surface area contributed by atoms with Crippen LogP contribution in [0, 0.1) is 0 Å². The molecule has 64 valence electrons. The lowest BCUT2D eigenvalue weighted by molar-refractivity contribution is 0.284. The average molecular weight is 163 g/mol. The summed E-state index contributed by atoms with van der Waals surface area (Å²) in [7, 11) is 0. The molecule has 0 amide bonds. The largest absolute Gasteiger partial charge is 0.394 e. The summed E-state index contributed by atoms with van der Waals surface area (Å²) in [5.41, 5.74) is 6.58. The number of aliphatic hydroxyl groups is 1. The molecule has 0 fully saturated rings. The highest BCUT2D eigenvalue weighted by Crippen LogP contribution is 2.00. The van der Waals surface area contributed by atoms with Crippen LogP contribution in [-0.4, -0.2) is 17.8 Å². The first-order chi connectivity index (χ1) is 5.83. The van der Waals surface area contributed by atoms with E-state index < -0.39 is 0 Å². The van der Waals surface area contributed by atoms with Crippen molar-refractivity contribution < 1.29 is 5.11 Å². The Hall–Kier alpha value is -1.12. The summed E-state index contributed by atoms with van der Waals surface area (Å²) in [5, 5.41) is 8.64. The number of aliphatic hydroxyl groups excluding tert-OH is 1. The van der Waals surface area contributed by atoms with Crippen molar-refractivity contribution in [2.75, 3.05) is 6.61 Å². The molecule has 0 saturated heterocycles. The molecular weight excluding hydrogens is 150 g/mol. The van der Waals surface area contributed by atoms with E-state index in [1.54, 1.807) is 6.08 Å². The third kappa shape index (κ3) is 2.86. The van der Waals surface area contributed by atoms with Crippen molar-refractivity contribution in [3.63, 3.8) is 0 Å². The van der Waals surface area contributed by atoms with E-state index in [9.17, 15) is 0 Å².